The molecule has 2 aromatic heterocycles. The predicted octanol–water partition coefficient (Wildman–Crippen LogP) is 4.09. The molecule has 0 saturated carbocycles. The fourth-order valence-electron chi connectivity index (χ4n) is 4.53. The molecule has 1 aromatic carbocycles. The van der Waals surface area contributed by atoms with Crippen molar-refractivity contribution in [2.24, 2.45) is 0 Å². The first-order chi connectivity index (χ1) is 17.7. The van der Waals surface area contributed by atoms with Gasteiger partial charge in [0.2, 0.25) is 16.0 Å². The third kappa shape index (κ3) is 5.35. The van der Waals surface area contributed by atoms with E-state index in [0.717, 1.165) is 18.2 Å². The van der Waals surface area contributed by atoms with E-state index in [0.29, 0.717) is 37.6 Å². The molecule has 0 aliphatic carbocycles. The molecule has 5 rings (SSSR count). The summed E-state index contributed by atoms with van der Waals surface area (Å²) in [6.45, 7) is 5.72. The van der Waals surface area contributed by atoms with Gasteiger partial charge in [-0.05, 0) is 50.5 Å². The van der Waals surface area contributed by atoms with Gasteiger partial charge in [-0.3, -0.25) is 0 Å². The van der Waals surface area contributed by atoms with Crippen LogP contribution in [-0.4, -0.2) is 59.2 Å². The van der Waals surface area contributed by atoms with Crippen LogP contribution in [0.25, 0.3) is 11.3 Å². The van der Waals surface area contributed by atoms with Gasteiger partial charge in [0.15, 0.2) is 17.4 Å². The molecular formula is C25H28F2N6O3S. The molecule has 1 N–H and O–H groups in total. The number of pyridine rings is 1. The first kappa shape index (κ1) is 25.3. The van der Waals surface area contributed by atoms with E-state index < -0.39 is 21.7 Å². The Morgan fingerprint density at radius 2 is 1.92 bits per heavy atom. The van der Waals surface area contributed by atoms with E-state index in [9.17, 15) is 17.2 Å². The number of aromatic nitrogens is 3. The zero-order valence-electron chi connectivity index (χ0n) is 20.6. The molecule has 0 atom stereocenters. The normalized spacial score (nSPS) is 17.4. The van der Waals surface area contributed by atoms with Gasteiger partial charge in [-0.25, -0.2) is 32.2 Å². The Bertz CT molecular complexity index is 1400. The van der Waals surface area contributed by atoms with Crippen molar-refractivity contribution < 1.29 is 21.9 Å². The second kappa shape index (κ2) is 10.2. The van der Waals surface area contributed by atoms with Gasteiger partial charge in [-0.1, -0.05) is 6.07 Å². The highest BCUT2D eigenvalue weighted by molar-refractivity contribution is 7.89. The molecule has 2 aliphatic rings. The third-order valence-corrected chi connectivity index (χ3v) is 8.33. The second-order valence-corrected chi connectivity index (χ2v) is 11.5. The molecule has 37 heavy (non-hydrogen) atoms. The number of sulfonamides is 1. The number of ether oxygens (including phenoxy) is 1. The van der Waals surface area contributed by atoms with Gasteiger partial charge in [-0.15, -0.1) is 0 Å². The van der Waals surface area contributed by atoms with Crippen molar-refractivity contribution in [1.29, 1.82) is 0 Å². The summed E-state index contributed by atoms with van der Waals surface area (Å²) in [5.41, 5.74) is 1.51. The second-order valence-electron chi connectivity index (χ2n) is 9.37. The number of anilines is 3. The maximum atomic E-state index is 14.9. The van der Waals surface area contributed by atoms with Crippen LogP contribution >= 0.6 is 0 Å². The Morgan fingerprint density at radius 1 is 1.08 bits per heavy atom. The summed E-state index contributed by atoms with van der Waals surface area (Å²) in [5.74, 6) is -0.467. The molecular weight excluding hydrogens is 502 g/mol. The molecule has 0 amide bonds. The summed E-state index contributed by atoms with van der Waals surface area (Å²) in [6.07, 6.45) is 4.12. The van der Waals surface area contributed by atoms with Gasteiger partial charge in [0.05, 0.1) is 24.2 Å². The van der Waals surface area contributed by atoms with E-state index in [4.69, 9.17) is 4.74 Å². The van der Waals surface area contributed by atoms with E-state index >= 15 is 0 Å². The zero-order chi connectivity index (χ0) is 26.2. The molecule has 1 fully saturated rings. The Labute approximate surface area is 214 Å². The van der Waals surface area contributed by atoms with Crippen molar-refractivity contribution in [3.05, 3.63) is 53.9 Å². The van der Waals surface area contributed by atoms with E-state index in [1.54, 1.807) is 24.4 Å². The minimum absolute atomic E-state index is 0.0552. The smallest absolute Gasteiger partial charge is 0.229 e. The Morgan fingerprint density at radius 3 is 2.65 bits per heavy atom. The van der Waals surface area contributed by atoms with Crippen molar-refractivity contribution in [2.75, 3.05) is 35.7 Å². The van der Waals surface area contributed by atoms with Crippen LogP contribution in [0.1, 0.15) is 32.3 Å². The van der Waals surface area contributed by atoms with Crippen molar-refractivity contribution in [2.45, 2.75) is 39.3 Å². The number of halogens is 2. The lowest BCUT2D eigenvalue weighted by Gasteiger charge is -2.34. The van der Waals surface area contributed by atoms with Crippen LogP contribution in [0.2, 0.25) is 0 Å². The maximum absolute atomic E-state index is 14.9. The fraction of sp³-hybridized carbons (Fsp3) is 0.400. The average molecular weight is 531 g/mol. The lowest BCUT2D eigenvalue weighted by Crippen LogP contribution is -2.38. The van der Waals surface area contributed by atoms with Crippen molar-refractivity contribution in [1.82, 2.24) is 19.3 Å². The van der Waals surface area contributed by atoms with Gasteiger partial charge in [0.1, 0.15) is 18.1 Å². The Hall–Kier alpha value is -3.38. The molecule has 0 spiro atoms. The molecule has 0 unspecified atom stereocenters. The highest BCUT2D eigenvalue weighted by Gasteiger charge is 2.27. The van der Waals surface area contributed by atoms with Crippen LogP contribution in [0, 0.1) is 11.6 Å². The topological polar surface area (TPSA) is 101 Å². The summed E-state index contributed by atoms with van der Waals surface area (Å²) in [6, 6.07) is 6.43. The summed E-state index contributed by atoms with van der Waals surface area (Å²) in [7, 11) is -3.24. The third-order valence-electron chi connectivity index (χ3n) is 6.43. The summed E-state index contributed by atoms with van der Waals surface area (Å²) in [5, 5.41) is 2.93. The fourth-order valence-corrected chi connectivity index (χ4v) is 6.11. The molecule has 1 saturated heterocycles. The molecule has 4 heterocycles. The lowest BCUT2D eigenvalue weighted by molar-refractivity contribution is 0.287. The first-order valence-corrected chi connectivity index (χ1v) is 13.8. The Balaban J connectivity index is 1.37. The largest absolute Gasteiger partial charge is 0.486 e. The highest BCUT2D eigenvalue weighted by Crippen LogP contribution is 2.39. The van der Waals surface area contributed by atoms with E-state index in [2.05, 4.69) is 20.3 Å². The molecule has 9 nitrogen and oxygen atoms in total. The minimum Gasteiger partial charge on any atom is -0.486 e. The quantitative estimate of drug-likeness (QED) is 0.509. The van der Waals surface area contributed by atoms with Crippen LogP contribution < -0.4 is 15.0 Å². The predicted molar refractivity (Wildman–Crippen MR) is 136 cm³/mol. The molecule has 12 heteroatoms. The standard InChI is InChI=1S/C25H28F2N6O3S/c1-16(2)33-8-9-36-24-19(26)11-18(12-21(24)33)23-20(27)14-29-25(31-23)30-22-6-5-17(13-28-22)15-32-7-3-4-10-37(32,34)35/h5-6,11-14,16H,3-4,7-10,15H2,1-2H3,(H,28,29,30,31). The van der Waals surface area contributed by atoms with Crippen LogP contribution in [0.3, 0.4) is 0 Å². The maximum Gasteiger partial charge on any atom is 0.229 e. The number of benzene rings is 1. The first-order valence-electron chi connectivity index (χ1n) is 12.2. The number of fused-ring (bicyclic) bond motifs is 1. The minimum atomic E-state index is -3.24. The van der Waals surface area contributed by atoms with Gasteiger partial charge >= 0.3 is 0 Å². The Kier molecular flexibility index (Phi) is 6.95. The van der Waals surface area contributed by atoms with Crippen LogP contribution in [-0.2, 0) is 16.6 Å². The molecule has 0 bridgehead atoms. The van der Waals surface area contributed by atoms with Gasteiger partial charge in [-0.2, -0.15) is 4.31 Å². The monoisotopic (exact) mass is 530 g/mol. The molecule has 2 aliphatic heterocycles. The number of nitrogens with one attached hydrogen (secondary N) is 1. The van der Waals surface area contributed by atoms with Crippen molar-refractivity contribution in [3.63, 3.8) is 0 Å². The van der Waals surface area contributed by atoms with Crippen molar-refractivity contribution in [3.8, 4) is 17.0 Å². The molecule has 3 aromatic rings. The van der Waals surface area contributed by atoms with E-state index in [1.807, 2.05) is 18.7 Å². The van der Waals surface area contributed by atoms with Gasteiger partial charge in [0, 0.05) is 30.9 Å². The number of nitrogens with zero attached hydrogens (tertiary/aromatic N) is 5. The van der Waals surface area contributed by atoms with E-state index in [1.165, 1.54) is 10.4 Å². The van der Waals surface area contributed by atoms with Crippen LogP contribution in [0.4, 0.5) is 26.2 Å². The van der Waals surface area contributed by atoms with Gasteiger partial charge in [0.25, 0.3) is 0 Å². The summed E-state index contributed by atoms with van der Waals surface area (Å²) in [4.78, 5) is 14.6. The average Bonchev–Trinajstić information content (AvgIpc) is 2.87. The van der Waals surface area contributed by atoms with E-state index in [-0.39, 0.29) is 41.3 Å². The highest BCUT2D eigenvalue weighted by atomic mass is 32.2. The zero-order valence-corrected chi connectivity index (χ0v) is 21.4. The number of hydrogen-bond donors (Lipinski definition) is 1. The lowest BCUT2D eigenvalue weighted by atomic mass is 10.1. The van der Waals surface area contributed by atoms with Crippen LogP contribution in [0.15, 0.2) is 36.7 Å². The van der Waals surface area contributed by atoms with Gasteiger partial charge < -0.3 is 15.0 Å². The number of hydrogen-bond acceptors (Lipinski definition) is 8. The van der Waals surface area contributed by atoms with Crippen molar-refractivity contribution >= 4 is 27.5 Å². The van der Waals surface area contributed by atoms with Crippen LogP contribution in [0.5, 0.6) is 5.75 Å². The summed E-state index contributed by atoms with van der Waals surface area (Å²) < 4.78 is 61.1. The molecule has 196 valence electrons. The number of rotatable bonds is 6. The SMILES string of the molecule is CC(C)N1CCOc2c(F)cc(-c3nc(Nc4ccc(CN5CCCCS5(=O)=O)cn4)ncc3F)cc21. The summed E-state index contributed by atoms with van der Waals surface area (Å²) >= 11 is 0. The molecule has 0 radical (unpaired) electrons.